The van der Waals surface area contributed by atoms with Gasteiger partial charge in [-0.25, -0.2) is 0 Å². The first-order valence-corrected chi connectivity index (χ1v) is 4.68. The zero-order valence-electron chi connectivity index (χ0n) is 8.12. The van der Waals surface area contributed by atoms with Gasteiger partial charge in [0.15, 0.2) is 0 Å². The van der Waals surface area contributed by atoms with Crippen molar-refractivity contribution in [2.75, 3.05) is 13.1 Å². The summed E-state index contributed by atoms with van der Waals surface area (Å²) in [5.41, 5.74) is 1.42. The number of hydrogen-bond acceptors (Lipinski definition) is 1. The monoisotopic (exact) mass is 199 g/mol. The molecule has 2 heteroatoms. The van der Waals surface area contributed by atoms with Crippen LogP contribution in [0.5, 0.6) is 0 Å². The first kappa shape index (κ1) is 12.5. The van der Waals surface area contributed by atoms with Gasteiger partial charge in [-0.2, -0.15) is 0 Å². The number of benzene rings is 1. The third-order valence-corrected chi connectivity index (χ3v) is 1.86. The van der Waals surface area contributed by atoms with Crippen molar-refractivity contribution in [1.82, 2.24) is 5.32 Å². The first-order chi connectivity index (χ1) is 5.93. The Balaban J connectivity index is 0.00000144. The van der Waals surface area contributed by atoms with E-state index in [1.54, 1.807) is 0 Å². The molecule has 0 aliphatic heterocycles. The van der Waals surface area contributed by atoms with E-state index in [1.165, 1.54) is 12.0 Å². The van der Waals surface area contributed by atoms with Crippen LogP contribution in [-0.4, -0.2) is 13.1 Å². The Kier molecular flexibility index (Phi) is 7.76. The second-order valence-corrected chi connectivity index (χ2v) is 2.99. The van der Waals surface area contributed by atoms with E-state index in [1.807, 2.05) is 0 Å². The van der Waals surface area contributed by atoms with Crippen LogP contribution in [0.25, 0.3) is 0 Å². The van der Waals surface area contributed by atoms with E-state index < -0.39 is 0 Å². The third-order valence-electron chi connectivity index (χ3n) is 1.86. The van der Waals surface area contributed by atoms with Gasteiger partial charge in [-0.3, -0.25) is 0 Å². The van der Waals surface area contributed by atoms with Crippen molar-refractivity contribution in [3.63, 3.8) is 0 Å². The van der Waals surface area contributed by atoms with Gasteiger partial charge in [-0.1, -0.05) is 37.3 Å². The molecular formula is C11H18ClN. The summed E-state index contributed by atoms with van der Waals surface area (Å²) >= 11 is 0. The molecule has 0 aromatic heterocycles. The lowest BCUT2D eigenvalue weighted by Gasteiger charge is -2.02. The van der Waals surface area contributed by atoms with Gasteiger partial charge in [0.2, 0.25) is 0 Å². The normalized spacial score (nSPS) is 9.31. The van der Waals surface area contributed by atoms with E-state index in [-0.39, 0.29) is 12.4 Å². The number of nitrogens with one attached hydrogen (secondary N) is 1. The van der Waals surface area contributed by atoms with E-state index in [9.17, 15) is 0 Å². The third kappa shape index (κ3) is 5.67. The van der Waals surface area contributed by atoms with Crippen molar-refractivity contribution in [3.05, 3.63) is 35.9 Å². The molecule has 0 amide bonds. The average molecular weight is 200 g/mol. The van der Waals surface area contributed by atoms with Crippen LogP contribution < -0.4 is 5.32 Å². The second kappa shape index (κ2) is 8.09. The Labute approximate surface area is 87.0 Å². The summed E-state index contributed by atoms with van der Waals surface area (Å²) in [6, 6.07) is 10.6. The summed E-state index contributed by atoms with van der Waals surface area (Å²) in [7, 11) is 0. The van der Waals surface area contributed by atoms with Crippen molar-refractivity contribution in [2.24, 2.45) is 0 Å². The van der Waals surface area contributed by atoms with Gasteiger partial charge in [0.1, 0.15) is 0 Å². The van der Waals surface area contributed by atoms with Gasteiger partial charge < -0.3 is 5.32 Å². The van der Waals surface area contributed by atoms with Crippen LogP contribution in [0.1, 0.15) is 18.9 Å². The summed E-state index contributed by atoms with van der Waals surface area (Å²) in [4.78, 5) is 0. The maximum atomic E-state index is 3.38. The van der Waals surface area contributed by atoms with Crippen molar-refractivity contribution in [2.45, 2.75) is 19.8 Å². The zero-order valence-corrected chi connectivity index (χ0v) is 8.94. The fraction of sp³-hybridized carbons (Fsp3) is 0.455. The van der Waals surface area contributed by atoms with E-state index >= 15 is 0 Å². The molecule has 0 saturated heterocycles. The van der Waals surface area contributed by atoms with E-state index in [0.29, 0.717) is 0 Å². The minimum absolute atomic E-state index is 0. The molecule has 0 fully saturated rings. The Hall–Kier alpha value is -0.530. The number of hydrogen-bond donors (Lipinski definition) is 1. The van der Waals surface area contributed by atoms with Gasteiger partial charge in [-0.15, -0.1) is 12.4 Å². The van der Waals surface area contributed by atoms with Crippen molar-refractivity contribution >= 4 is 12.4 Å². The molecule has 74 valence electrons. The van der Waals surface area contributed by atoms with Gasteiger partial charge in [0.25, 0.3) is 0 Å². The van der Waals surface area contributed by atoms with Crippen LogP contribution in [0.4, 0.5) is 0 Å². The van der Waals surface area contributed by atoms with E-state index in [0.717, 1.165) is 19.5 Å². The molecule has 0 radical (unpaired) electrons. The molecule has 1 N–H and O–H groups in total. The zero-order chi connectivity index (χ0) is 8.65. The van der Waals surface area contributed by atoms with Crippen LogP contribution in [0, 0.1) is 0 Å². The van der Waals surface area contributed by atoms with Gasteiger partial charge in [0, 0.05) is 0 Å². The Morgan fingerprint density at radius 2 is 1.77 bits per heavy atom. The maximum absolute atomic E-state index is 3.38. The number of halogens is 1. The summed E-state index contributed by atoms with van der Waals surface area (Å²) in [6.45, 7) is 4.42. The molecule has 1 aromatic carbocycles. The summed E-state index contributed by atoms with van der Waals surface area (Å²) < 4.78 is 0. The van der Waals surface area contributed by atoms with E-state index in [2.05, 4.69) is 42.6 Å². The van der Waals surface area contributed by atoms with E-state index in [4.69, 9.17) is 0 Å². The minimum atomic E-state index is 0. The van der Waals surface area contributed by atoms with Gasteiger partial charge in [-0.05, 0) is 31.5 Å². The summed E-state index contributed by atoms with van der Waals surface area (Å²) in [6.07, 6.45) is 2.36. The molecule has 13 heavy (non-hydrogen) atoms. The summed E-state index contributed by atoms with van der Waals surface area (Å²) in [5.74, 6) is 0. The lowest BCUT2D eigenvalue weighted by Crippen LogP contribution is -2.17. The Morgan fingerprint density at radius 3 is 2.38 bits per heavy atom. The van der Waals surface area contributed by atoms with Crippen LogP contribution in [-0.2, 0) is 6.42 Å². The smallest absolute Gasteiger partial charge is 0.000835 e. The number of rotatable bonds is 5. The molecule has 0 unspecified atom stereocenters. The van der Waals surface area contributed by atoms with Crippen molar-refractivity contribution in [3.8, 4) is 0 Å². The molecule has 1 rings (SSSR count). The molecule has 1 aromatic rings. The molecule has 0 aliphatic rings. The molecule has 0 heterocycles. The van der Waals surface area contributed by atoms with Crippen molar-refractivity contribution < 1.29 is 0 Å². The molecule has 0 atom stereocenters. The highest BCUT2D eigenvalue weighted by Crippen LogP contribution is 1.97. The molecule has 0 spiro atoms. The Bertz CT molecular complexity index is 199. The van der Waals surface area contributed by atoms with Crippen LogP contribution in [0.2, 0.25) is 0 Å². The second-order valence-electron chi connectivity index (χ2n) is 2.99. The Morgan fingerprint density at radius 1 is 1.08 bits per heavy atom. The standard InChI is InChI=1S/C11H17N.ClH/c1-2-9-12-10-8-11-6-4-3-5-7-11;/h3-7,12H,2,8-10H2,1H3;1H. The van der Waals surface area contributed by atoms with Crippen LogP contribution in [0.3, 0.4) is 0 Å². The highest BCUT2D eigenvalue weighted by atomic mass is 35.5. The van der Waals surface area contributed by atoms with Gasteiger partial charge >= 0.3 is 0 Å². The highest BCUT2D eigenvalue weighted by Gasteiger charge is 1.89. The molecular weight excluding hydrogens is 182 g/mol. The molecule has 0 saturated carbocycles. The lowest BCUT2D eigenvalue weighted by molar-refractivity contribution is 0.671. The summed E-state index contributed by atoms with van der Waals surface area (Å²) in [5, 5.41) is 3.38. The fourth-order valence-electron chi connectivity index (χ4n) is 1.18. The molecule has 0 bridgehead atoms. The SMILES string of the molecule is CCCNCCc1ccccc1.Cl. The maximum Gasteiger partial charge on any atom is -0.000835 e. The lowest BCUT2D eigenvalue weighted by atomic mass is 10.1. The van der Waals surface area contributed by atoms with Gasteiger partial charge in [0.05, 0.1) is 0 Å². The average Bonchev–Trinajstić information content (AvgIpc) is 2.14. The fourth-order valence-corrected chi connectivity index (χ4v) is 1.18. The largest absolute Gasteiger partial charge is 0.316 e. The van der Waals surface area contributed by atoms with Crippen LogP contribution in [0.15, 0.2) is 30.3 Å². The van der Waals surface area contributed by atoms with Crippen molar-refractivity contribution in [1.29, 1.82) is 0 Å². The van der Waals surface area contributed by atoms with Crippen LogP contribution >= 0.6 is 12.4 Å². The topological polar surface area (TPSA) is 12.0 Å². The molecule has 0 aliphatic carbocycles. The molecule has 1 nitrogen and oxygen atoms in total. The predicted molar refractivity (Wildman–Crippen MR) is 60.6 cm³/mol. The highest BCUT2D eigenvalue weighted by molar-refractivity contribution is 5.85. The quantitative estimate of drug-likeness (QED) is 0.720. The minimum Gasteiger partial charge on any atom is -0.316 e. The first-order valence-electron chi connectivity index (χ1n) is 4.68. The predicted octanol–water partition coefficient (Wildman–Crippen LogP) is 2.65.